The fourth-order valence-corrected chi connectivity index (χ4v) is 2.42. The lowest BCUT2D eigenvalue weighted by atomic mass is 10.2. The zero-order valence-electron chi connectivity index (χ0n) is 8.14. The average molecular weight is 244 g/mol. The third kappa shape index (κ3) is 2.95. The first-order valence-electron chi connectivity index (χ1n) is 4.32. The molecular formula is C10H10ClNO2S. The Morgan fingerprint density at radius 1 is 1.47 bits per heavy atom. The van der Waals surface area contributed by atoms with Gasteiger partial charge in [0.25, 0.3) is 0 Å². The Balaban J connectivity index is 2.98. The molecule has 3 nitrogen and oxygen atoms in total. The smallest absolute Gasteiger partial charge is 0.170 e. The Kier molecular flexibility index (Phi) is 3.72. The second-order valence-corrected chi connectivity index (χ2v) is 5.90. The van der Waals surface area contributed by atoms with E-state index in [1.165, 1.54) is 6.92 Å². The van der Waals surface area contributed by atoms with Crippen LogP contribution in [-0.4, -0.2) is 13.7 Å². The molecule has 80 valence electrons. The van der Waals surface area contributed by atoms with E-state index in [2.05, 4.69) is 0 Å². The van der Waals surface area contributed by atoms with Gasteiger partial charge in [-0.05, 0) is 18.6 Å². The highest BCUT2D eigenvalue weighted by atomic mass is 35.5. The van der Waals surface area contributed by atoms with E-state index >= 15 is 0 Å². The van der Waals surface area contributed by atoms with Crippen LogP contribution >= 0.6 is 11.6 Å². The van der Waals surface area contributed by atoms with Crippen LogP contribution in [0.15, 0.2) is 24.3 Å². The van der Waals surface area contributed by atoms with Crippen molar-refractivity contribution in [1.82, 2.24) is 0 Å². The van der Waals surface area contributed by atoms with Crippen LogP contribution in [0.2, 0.25) is 5.02 Å². The molecule has 0 saturated carbocycles. The van der Waals surface area contributed by atoms with Gasteiger partial charge in [-0.3, -0.25) is 0 Å². The summed E-state index contributed by atoms with van der Waals surface area (Å²) in [6.07, 6.45) is 0. The van der Waals surface area contributed by atoms with Gasteiger partial charge in [-0.2, -0.15) is 5.26 Å². The Morgan fingerprint density at radius 2 is 2.07 bits per heavy atom. The van der Waals surface area contributed by atoms with E-state index in [4.69, 9.17) is 16.9 Å². The Labute approximate surface area is 94.2 Å². The van der Waals surface area contributed by atoms with Gasteiger partial charge in [0.2, 0.25) is 0 Å². The summed E-state index contributed by atoms with van der Waals surface area (Å²) in [6.45, 7) is 1.37. The molecule has 5 heteroatoms. The van der Waals surface area contributed by atoms with Crippen LogP contribution in [0, 0.1) is 11.3 Å². The van der Waals surface area contributed by atoms with E-state index < -0.39 is 15.1 Å². The minimum atomic E-state index is -3.43. The molecule has 1 aromatic rings. The first kappa shape index (κ1) is 12.0. The largest absolute Gasteiger partial charge is 0.227 e. The lowest BCUT2D eigenvalue weighted by Gasteiger charge is -2.06. The van der Waals surface area contributed by atoms with Gasteiger partial charge >= 0.3 is 0 Å². The van der Waals surface area contributed by atoms with Crippen molar-refractivity contribution in [3.63, 3.8) is 0 Å². The van der Waals surface area contributed by atoms with E-state index in [-0.39, 0.29) is 5.75 Å². The molecule has 0 aliphatic carbocycles. The van der Waals surface area contributed by atoms with Crippen molar-refractivity contribution in [2.24, 2.45) is 0 Å². The molecule has 0 N–H and O–H groups in total. The van der Waals surface area contributed by atoms with Crippen molar-refractivity contribution in [3.8, 4) is 6.07 Å². The maximum atomic E-state index is 11.6. The van der Waals surface area contributed by atoms with Crippen LogP contribution in [0.25, 0.3) is 0 Å². The third-order valence-corrected chi connectivity index (χ3v) is 4.30. The minimum absolute atomic E-state index is 0.193. The van der Waals surface area contributed by atoms with E-state index in [1.54, 1.807) is 30.3 Å². The normalized spacial score (nSPS) is 13.1. The maximum absolute atomic E-state index is 11.6. The number of nitrogens with zero attached hydrogens (tertiary/aromatic N) is 1. The molecule has 0 spiro atoms. The second kappa shape index (κ2) is 4.65. The summed E-state index contributed by atoms with van der Waals surface area (Å²) in [5, 5.41) is 7.96. The van der Waals surface area contributed by atoms with E-state index in [1.807, 2.05) is 0 Å². The molecule has 1 unspecified atom stereocenters. The summed E-state index contributed by atoms with van der Waals surface area (Å²) < 4.78 is 23.2. The average Bonchev–Trinajstić information content (AvgIpc) is 2.20. The second-order valence-electron chi connectivity index (χ2n) is 3.17. The highest BCUT2D eigenvalue weighted by Crippen LogP contribution is 2.19. The molecular weight excluding hydrogens is 234 g/mol. The van der Waals surface area contributed by atoms with Crippen LogP contribution in [0.1, 0.15) is 12.5 Å². The summed E-state index contributed by atoms with van der Waals surface area (Å²) in [5.74, 6) is -0.193. The molecule has 0 aromatic heterocycles. The monoisotopic (exact) mass is 243 g/mol. The first-order chi connectivity index (χ1) is 6.97. The quantitative estimate of drug-likeness (QED) is 0.818. The van der Waals surface area contributed by atoms with Crippen LogP contribution < -0.4 is 0 Å². The van der Waals surface area contributed by atoms with Crippen molar-refractivity contribution >= 4 is 21.4 Å². The molecule has 0 fully saturated rings. The predicted octanol–water partition coefficient (Wildman–Crippen LogP) is 2.17. The van der Waals surface area contributed by atoms with Crippen LogP contribution in [0.3, 0.4) is 0 Å². The number of halogens is 1. The Morgan fingerprint density at radius 3 is 2.60 bits per heavy atom. The summed E-state index contributed by atoms with van der Waals surface area (Å²) in [5.41, 5.74) is 0.529. The zero-order chi connectivity index (χ0) is 11.5. The molecule has 0 aliphatic rings. The number of benzene rings is 1. The highest BCUT2D eigenvalue weighted by Gasteiger charge is 2.21. The maximum Gasteiger partial charge on any atom is 0.170 e. The van der Waals surface area contributed by atoms with E-state index in [0.29, 0.717) is 10.6 Å². The SMILES string of the molecule is CC(C#N)S(=O)(=O)Cc1ccccc1Cl. The molecule has 0 aliphatic heterocycles. The standard InChI is InChI=1S/C10H10ClNO2S/c1-8(6-12)15(13,14)7-9-4-2-3-5-10(9)11/h2-5,8H,7H2,1H3. The number of rotatable bonds is 3. The van der Waals surface area contributed by atoms with E-state index in [0.717, 1.165) is 0 Å². The van der Waals surface area contributed by atoms with Crippen LogP contribution in [0.5, 0.6) is 0 Å². The van der Waals surface area contributed by atoms with E-state index in [9.17, 15) is 8.42 Å². The number of sulfone groups is 1. The lowest BCUT2D eigenvalue weighted by molar-refractivity contribution is 0.591. The lowest BCUT2D eigenvalue weighted by Crippen LogP contribution is -2.17. The highest BCUT2D eigenvalue weighted by molar-refractivity contribution is 7.91. The van der Waals surface area contributed by atoms with Gasteiger partial charge in [0, 0.05) is 5.02 Å². The molecule has 15 heavy (non-hydrogen) atoms. The molecule has 1 atom stereocenters. The molecule has 0 saturated heterocycles. The summed E-state index contributed by atoms with van der Waals surface area (Å²) in [4.78, 5) is 0. The topological polar surface area (TPSA) is 57.9 Å². The summed E-state index contributed by atoms with van der Waals surface area (Å²) >= 11 is 5.83. The molecule has 0 radical (unpaired) electrons. The molecule has 1 rings (SSSR count). The number of hydrogen-bond donors (Lipinski definition) is 0. The van der Waals surface area contributed by atoms with Crippen molar-refractivity contribution < 1.29 is 8.42 Å². The van der Waals surface area contributed by atoms with Crippen molar-refractivity contribution in [2.75, 3.05) is 0 Å². The Bertz CT molecular complexity index is 490. The van der Waals surface area contributed by atoms with Gasteiger partial charge in [-0.25, -0.2) is 8.42 Å². The molecule has 0 bridgehead atoms. The fourth-order valence-electron chi connectivity index (χ4n) is 1.04. The van der Waals surface area contributed by atoms with Crippen LogP contribution in [0.4, 0.5) is 0 Å². The molecule has 0 amide bonds. The van der Waals surface area contributed by atoms with Gasteiger partial charge in [0.05, 0.1) is 11.8 Å². The van der Waals surface area contributed by atoms with Crippen LogP contribution in [-0.2, 0) is 15.6 Å². The number of hydrogen-bond acceptors (Lipinski definition) is 3. The summed E-state index contributed by atoms with van der Waals surface area (Å²) in [7, 11) is -3.43. The zero-order valence-corrected chi connectivity index (χ0v) is 9.72. The molecule has 1 aromatic carbocycles. The van der Waals surface area contributed by atoms with Crippen molar-refractivity contribution in [3.05, 3.63) is 34.9 Å². The van der Waals surface area contributed by atoms with Crippen molar-refractivity contribution in [2.45, 2.75) is 17.9 Å². The predicted molar refractivity (Wildman–Crippen MR) is 59.2 cm³/mol. The van der Waals surface area contributed by atoms with Gasteiger partial charge in [0.1, 0.15) is 5.25 Å². The minimum Gasteiger partial charge on any atom is -0.227 e. The molecule has 0 heterocycles. The van der Waals surface area contributed by atoms with Gasteiger partial charge in [-0.1, -0.05) is 29.8 Å². The van der Waals surface area contributed by atoms with Crippen molar-refractivity contribution in [1.29, 1.82) is 5.26 Å². The Hall–Kier alpha value is -1.05. The van der Waals surface area contributed by atoms with Gasteiger partial charge in [0.15, 0.2) is 9.84 Å². The number of nitriles is 1. The van der Waals surface area contributed by atoms with Gasteiger partial charge in [-0.15, -0.1) is 0 Å². The third-order valence-electron chi connectivity index (χ3n) is 2.04. The first-order valence-corrected chi connectivity index (χ1v) is 6.41. The summed E-state index contributed by atoms with van der Waals surface area (Å²) in [6, 6.07) is 8.43. The van der Waals surface area contributed by atoms with Gasteiger partial charge < -0.3 is 0 Å². The fraction of sp³-hybridized carbons (Fsp3) is 0.300.